The van der Waals surface area contributed by atoms with Gasteiger partial charge in [0.1, 0.15) is 5.82 Å². The number of hydrogen-bond acceptors (Lipinski definition) is 7. The molecule has 3 rings (SSSR count). The fourth-order valence-electron chi connectivity index (χ4n) is 2.80. The van der Waals surface area contributed by atoms with Crippen LogP contribution in [0.25, 0.3) is 11.4 Å². The number of dihydropyridines is 1. The summed E-state index contributed by atoms with van der Waals surface area (Å²) in [6, 6.07) is 9.35. The first kappa shape index (κ1) is 21.9. The van der Waals surface area contributed by atoms with Crippen molar-refractivity contribution in [2.45, 2.75) is 13.5 Å². The number of nitrogens with one attached hydrogen (secondary N) is 4. The van der Waals surface area contributed by atoms with Gasteiger partial charge in [0.25, 0.3) is 0 Å². The molecule has 0 amide bonds. The lowest BCUT2D eigenvalue weighted by atomic mass is 10.2. The Kier molecular flexibility index (Phi) is 7.91. The molecule has 1 aromatic heterocycles. The minimum atomic E-state index is 0.510. The van der Waals surface area contributed by atoms with Crippen LogP contribution in [0.3, 0.4) is 0 Å². The van der Waals surface area contributed by atoms with Crippen LogP contribution in [0, 0.1) is 11.3 Å². The molecule has 0 spiro atoms. The SMILES string of the molecule is CCNCc1cc(NCCNC2=CC=C(C#N)CN2)nc(-c2ccc(Cl)cc2Cl)n1. The van der Waals surface area contributed by atoms with Crippen molar-refractivity contribution in [3.8, 4) is 17.5 Å². The molecule has 1 aliphatic rings. The van der Waals surface area contributed by atoms with E-state index in [0.29, 0.717) is 47.6 Å². The smallest absolute Gasteiger partial charge is 0.163 e. The Bertz CT molecular complexity index is 995. The van der Waals surface area contributed by atoms with Crippen molar-refractivity contribution in [1.82, 2.24) is 25.9 Å². The van der Waals surface area contributed by atoms with Gasteiger partial charge >= 0.3 is 0 Å². The molecule has 1 aliphatic heterocycles. The van der Waals surface area contributed by atoms with Crippen molar-refractivity contribution in [3.05, 3.63) is 63.6 Å². The van der Waals surface area contributed by atoms with Crippen LogP contribution in [0.5, 0.6) is 0 Å². The van der Waals surface area contributed by atoms with Gasteiger partial charge in [-0.1, -0.05) is 30.1 Å². The van der Waals surface area contributed by atoms with Gasteiger partial charge in [-0.3, -0.25) is 0 Å². The lowest BCUT2D eigenvalue weighted by Gasteiger charge is -2.16. The third kappa shape index (κ3) is 6.10. The van der Waals surface area contributed by atoms with E-state index in [1.807, 2.05) is 31.2 Å². The Balaban J connectivity index is 1.68. The molecule has 0 saturated heterocycles. The summed E-state index contributed by atoms with van der Waals surface area (Å²) in [6.45, 7) is 5.39. The highest BCUT2D eigenvalue weighted by atomic mass is 35.5. The number of anilines is 1. The maximum absolute atomic E-state index is 8.88. The van der Waals surface area contributed by atoms with Gasteiger partial charge in [0, 0.05) is 41.9 Å². The molecule has 9 heteroatoms. The van der Waals surface area contributed by atoms with Crippen LogP contribution in [-0.2, 0) is 6.54 Å². The quantitative estimate of drug-likeness (QED) is 0.440. The zero-order valence-electron chi connectivity index (χ0n) is 16.6. The van der Waals surface area contributed by atoms with Crippen LogP contribution in [-0.4, -0.2) is 36.1 Å². The lowest BCUT2D eigenvalue weighted by molar-refractivity contribution is 0.705. The molecule has 2 aromatic rings. The van der Waals surface area contributed by atoms with Gasteiger partial charge in [-0.05, 0) is 36.9 Å². The lowest BCUT2D eigenvalue weighted by Crippen LogP contribution is -2.32. The second-order valence-electron chi connectivity index (χ2n) is 6.56. The molecule has 30 heavy (non-hydrogen) atoms. The average Bonchev–Trinajstić information content (AvgIpc) is 2.75. The van der Waals surface area contributed by atoms with Crippen LogP contribution < -0.4 is 21.3 Å². The van der Waals surface area contributed by atoms with Crippen molar-refractivity contribution in [2.75, 3.05) is 31.5 Å². The third-order valence-electron chi connectivity index (χ3n) is 4.32. The molecule has 0 unspecified atom stereocenters. The first-order valence-corrected chi connectivity index (χ1v) is 10.4. The van der Waals surface area contributed by atoms with Crippen LogP contribution in [0.2, 0.25) is 10.0 Å². The zero-order valence-corrected chi connectivity index (χ0v) is 18.1. The second-order valence-corrected chi connectivity index (χ2v) is 7.41. The molecule has 0 saturated carbocycles. The number of nitriles is 1. The van der Waals surface area contributed by atoms with E-state index < -0.39 is 0 Å². The molecule has 1 aromatic carbocycles. The average molecular weight is 444 g/mol. The van der Waals surface area contributed by atoms with Crippen LogP contribution in [0.1, 0.15) is 12.6 Å². The van der Waals surface area contributed by atoms with E-state index in [1.165, 1.54) is 0 Å². The second kappa shape index (κ2) is 10.8. The van der Waals surface area contributed by atoms with E-state index in [1.54, 1.807) is 12.1 Å². The summed E-state index contributed by atoms with van der Waals surface area (Å²) in [5.74, 6) is 2.16. The number of halogens is 2. The van der Waals surface area contributed by atoms with Crippen molar-refractivity contribution >= 4 is 29.0 Å². The molecular formula is C21H23Cl2N7. The van der Waals surface area contributed by atoms with Crippen molar-refractivity contribution < 1.29 is 0 Å². The van der Waals surface area contributed by atoms with Crippen molar-refractivity contribution in [2.24, 2.45) is 0 Å². The van der Waals surface area contributed by atoms with E-state index in [0.717, 1.165) is 29.4 Å². The van der Waals surface area contributed by atoms with Crippen LogP contribution in [0.15, 0.2) is 47.8 Å². The Morgan fingerprint density at radius 1 is 1.13 bits per heavy atom. The van der Waals surface area contributed by atoms with E-state index in [-0.39, 0.29) is 0 Å². The fourth-order valence-corrected chi connectivity index (χ4v) is 3.29. The Morgan fingerprint density at radius 2 is 1.97 bits per heavy atom. The van der Waals surface area contributed by atoms with Gasteiger partial charge in [-0.2, -0.15) is 5.26 Å². The summed E-state index contributed by atoms with van der Waals surface area (Å²) < 4.78 is 0. The summed E-state index contributed by atoms with van der Waals surface area (Å²) in [5.41, 5.74) is 2.31. The molecule has 0 radical (unpaired) electrons. The topological polar surface area (TPSA) is 97.7 Å². The van der Waals surface area contributed by atoms with Gasteiger partial charge in [0.05, 0.1) is 29.2 Å². The highest BCUT2D eigenvalue weighted by molar-refractivity contribution is 6.36. The van der Waals surface area contributed by atoms with E-state index in [9.17, 15) is 0 Å². The molecule has 0 aliphatic carbocycles. The first-order chi connectivity index (χ1) is 14.6. The molecule has 7 nitrogen and oxygen atoms in total. The number of nitrogens with zero attached hydrogens (tertiary/aromatic N) is 3. The number of rotatable bonds is 9. The largest absolute Gasteiger partial charge is 0.370 e. The first-order valence-electron chi connectivity index (χ1n) is 9.65. The minimum absolute atomic E-state index is 0.510. The zero-order chi connectivity index (χ0) is 21.3. The predicted octanol–water partition coefficient (Wildman–Crippen LogP) is 3.46. The van der Waals surface area contributed by atoms with Crippen LogP contribution in [0.4, 0.5) is 5.82 Å². The van der Waals surface area contributed by atoms with Gasteiger partial charge in [0.15, 0.2) is 5.82 Å². The standard InChI is InChI=1S/C21H23Cl2N7/c1-2-25-13-16-10-20(27-8-7-26-19-6-3-14(11-24)12-28-19)30-21(29-16)17-5-4-15(22)9-18(17)23/h3-6,9-10,25-26,28H,2,7-8,12-13H2,1H3,(H,27,29,30). The highest BCUT2D eigenvalue weighted by Gasteiger charge is 2.11. The molecule has 0 atom stereocenters. The third-order valence-corrected chi connectivity index (χ3v) is 4.87. The highest BCUT2D eigenvalue weighted by Crippen LogP contribution is 2.29. The minimum Gasteiger partial charge on any atom is -0.370 e. The molecular weight excluding hydrogens is 421 g/mol. The van der Waals surface area contributed by atoms with E-state index in [4.69, 9.17) is 28.5 Å². The van der Waals surface area contributed by atoms with E-state index >= 15 is 0 Å². The monoisotopic (exact) mass is 443 g/mol. The number of benzene rings is 1. The van der Waals surface area contributed by atoms with Crippen molar-refractivity contribution in [1.29, 1.82) is 5.26 Å². The summed E-state index contributed by atoms with van der Waals surface area (Å²) in [6.07, 6.45) is 3.67. The van der Waals surface area contributed by atoms with Gasteiger partial charge < -0.3 is 21.3 Å². The molecule has 4 N–H and O–H groups in total. The summed E-state index contributed by atoms with van der Waals surface area (Å²) in [5, 5.41) is 23.0. The van der Waals surface area contributed by atoms with E-state index in [2.05, 4.69) is 37.3 Å². The number of hydrogen-bond donors (Lipinski definition) is 4. The summed E-state index contributed by atoms with van der Waals surface area (Å²) in [7, 11) is 0. The molecule has 0 bridgehead atoms. The number of aromatic nitrogens is 2. The van der Waals surface area contributed by atoms with Gasteiger partial charge in [-0.25, -0.2) is 9.97 Å². The summed E-state index contributed by atoms with van der Waals surface area (Å²) in [4.78, 5) is 9.27. The Labute approximate surface area is 186 Å². The molecule has 156 valence electrons. The van der Waals surface area contributed by atoms with Gasteiger partial charge in [-0.15, -0.1) is 0 Å². The number of allylic oxidation sites excluding steroid dienone is 2. The maximum atomic E-state index is 8.88. The fraction of sp³-hybridized carbons (Fsp3) is 0.286. The Hall–Kier alpha value is -2.79. The van der Waals surface area contributed by atoms with Gasteiger partial charge in [0.2, 0.25) is 0 Å². The maximum Gasteiger partial charge on any atom is 0.163 e. The molecule has 2 heterocycles. The van der Waals surface area contributed by atoms with Crippen molar-refractivity contribution in [3.63, 3.8) is 0 Å². The molecule has 0 fully saturated rings. The van der Waals surface area contributed by atoms with Crippen LogP contribution >= 0.6 is 23.2 Å². The normalized spacial score (nSPS) is 13.0. The predicted molar refractivity (Wildman–Crippen MR) is 121 cm³/mol. The summed E-state index contributed by atoms with van der Waals surface area (Å²) >= 11 is 12.4. The Morgan fingerprint density at radius 3 is 2.67 bits per heavy atom.